The average Bonchev–Trinajstić information content (AvgIpc) is 3.45. The molecular weight excluding hydrogens is 302 g/mol. The molecule has 0 amide bonds. The first-order valence-corrected chi connectivity index (χ1v) is 9.42. The molecule has 132 valence electrons. The Balaban J connectivity index is 1.35. The van der Waals surface area contributed by atoms with E-state index in [1.165, 1.54) is 18.4 Å². The molecule has 1 aromatic rings. The standard InChI is InChI=1S/C20H29NO3/c1-22-18-8-9-20-19(12-18)21(10-11-23-20)13-15-4-6-17(7-5-15)24-14-16-2-3-16/h4-7,16,18-20H,2-3,8-14H2,1H3/t18-,19+,20+/m1/s1. The summed E-state index contributed by atoms with van der Waals surface area (Å²) in [5, 5.41) is 0. The van der Waals surface area contributed by atoms with Crippen LogP contribution in [-0.4, -0.2) is 50.0 Å². The van der Waals surface area contributed by atoms with Crippen molar-refractivity contribution in [1.29, 1.82) is 0 Å². The molecule has 0 N–H and O–H groups in total. The lowest BCUT2D eigenvalue weighted by molar-refractivity contribution is -0.116. The highest BCUT2D eigenvalue weighted by atomic mass is 16.5. The van der Waals surface area contributed by atoms with Gasteiger partial charge in [-0.2, -0.15) is 0 Å². The van der Waals surface area contributed by atoms with Crippen molar-refractivity contribution in [2.75, 3.05) is 26.9 Å². The molecule has 0 bridgehead atoms. The van der Waals surface area contributed by atoms with Crippen molar-refractivity contribution >= 4 is 0 Å². The number of methoxy groups -OCH3 is 1. The lowest BCUT2D eigenvalue weighted by Gasteiger charge is -2.45. The number of benzene rings is 1. The van der Waals surface area contributed by atoms with Crippen LogP contribution in [0.2, 0.25) is 0 Å². The number of nitrogens with zero attached hydrogens (tertiary/aromatic N) is 1. The molecule has 4 heteroatoms. The van der Waals surface area contributed by atoms with E-state index in [4.69, 9.17) is 14.2 Å². The maximum atomic E-state index is 6.00. The number of hydrogen-bond acceptors (Lipinski definition) is 4. The van der Waals surface area contributed by atoms with Crippen LogP contribution in [0.4, 0.5) is 0 Å². The fourth-order valence-corrected chi connectivity index (χ4v) is 3.98. The second-order valence-corrected chi connectivity index (χ2v) is 7.52. The molecule has 2 aliphatic carbocycles. The number of rotatable bonds is 6. The van der Waals surface area contributed by atoms with Crippen molar-refractivity contribution in [2.24, 2.45) is 5.92 Å². The molecule has 1 aliphatic heterocycles. The Bertz CT molecular complexity index is 528. The molecule has 0 spiro atoms. The van der Waals surface area contributed by atoms with E-state index in [2.05, 4.69) is 29.2 Å². The third-order valence-electron chi connectivity index (χ3n) is 5.71. The summed E-state index contributed by atoms with van der Waals surface area (Å²) in [5.74, 6) is 1.80. The van der Waals surface area contributed by atoms with Gasteiger partial charge in [-0.05, 0) is 55.7 Å². The van der Waals surface area contributed by atoms with E-state index in [-0.39, 0.29) is 0 Å². The van der Waals surface area contributed by atoms with Gasteiger partial charge in [0.05, 0.1) is 25.4 Å². The molecule has 3 fully saturated rings. The van der Waals surface area contributed by atoms with Crippen LogP contribution >= 0.6 is 0 Å². The molecule has 24 heavy (non-hydrogen) atoms. The molecule has 0 radical (unpaired) electrons. The van der Waals surface area contributed by atoms with Crippen LogP contribution in [0, 0.1) is 5.92 Å². The first kappa shape index (κ1) is 16.4. The summed E-state index contributed by atoms with van der Waals surface area (Å²) in [7, 11) is 1.83. The van der Waals surface area contributed by atoms with Gasteiger partial charge in [0.2, 0.25) is 0 Å². The molecule has 1 aromatic carbocycles. The Morgan fingerprint density at radius 3 is 2.71 bits per heavy atom. The zero-order chi connectivity index (χ0) is 16.4. The van der Waals surface area contributed by atoms with Crippen LogP contribution in [0.1, 0.15) is 37.7 Å². The summed E-state index contributed by atoms with van der Waals surface area (Å²) >= 11 is 0. The minimum atomic E-state index is 0.381. The second-order valence-electron chi connectivity index (χ2n) is 7.52. The van der Waals surface area contributed by atoms with Crippen LogP contribution in [0.25, 0.3) is 0 Å². The first-order chi connectivity index (χ1) is 11.8. The highest BCUT2D eigenvalue weighted by Crippen LogP contribution is 2.32. The number of fused-ring (bicyclic) bond motifs is 1. The van der Waals surface area contributed by atoms with Gasteiger partial charge in [-0.1, -0.05) is 12.1 Å². The molecular formula is C20H29NO3. The normalized spacial score (nSPS) is 30.8. The lowest BCUT2D eigenvalue weighted by Crippen LogP contribution is -2.54. The quantitative estimate of drug-likeness (QED) is 0.801. The summed E-state index contributed by atoms with van der Waals surface area (Å²) in [6.45, 7) is 3.73. The molecule has 4 rings (SSSR count). The minimum absolute atomic E-state index is 0.381. The maximum Gasteiger partial charge on any atom is 0.119 e. The summed E-state index contributed by atoms with van der Waals surface area (Å²) in [4.78, 5) is 2.58. The molecule has 2 saturated carbocycles. The highest BCUT2D eigenvalue weighted by Gasteiger charge is 2.37. The number of morpholine rings is 1. The molecule has 4 nitrogen and oxygen atoms in total. The van der Waals surface area contributed by atoms with E-state index in [0.29, 0.717) is 18.2 Å². The third kappa shape index (κ3) is 3.93. The van der Waals surface area contributed by atoms with Gasteiger partial charge >= 0.3 is 0 Å². The van der Waals surface area contributed by atoms with Gasteiger partial charge in [0, 0.05) is 26.2 Å². The fourth-order valence-electron chi connectivity index (χ4n) is 3.98. The summed E-state index contributed by atoms with van der Waals surface area (Å²) in [6, 6.07) is 9.15. The molecule has 0 aromatic heterocycles. The monoisotopic (exact) mass is 331 g/mol. The van der Waals surface area contributed by atoms with E-state index >= 15 is 0 Å². The topological polar surface area (TPSA) is 30.9 Å². The zero-order valence-corrected chi connectivity index (χ0v) is 14.7. The van der Waals surface area contributed by atoms with Crippen LogP contribution in [-0.2, 0) is 16.0 Å². The van der Waals surface area contributed by atoms with Gasteiger partial charge in [-0.15, -0.1) is 0 Å². The van der Waals surface area contributed by atoms with Crippen molar-refractivity contribution in [3.8, 4) is 5.75 Å². The van der Waals surface area contributed by atoms with E-state index in [1.54, 1.807) is 0 Å². The van der Waals surface area contributed by atoms with Crippen LogP contribution in [0.3, 0.4) is 0 Å². The Labute approximate surface area is 145 Å². The van der Waals surface area contributed by atoms with Gasteiger partial charge in [0.15, 0.2) is 0 Å². The van der Waals surface area contributed by atoms with Crippen LogP contribution in [0.15, 0.2) is 24.3 Å². The Kier molecular flexibility index (Phi) is 5.06. The van der Waals surface area contributed by atoms with Crippen LogP contribution in [0.5, 0.6) is 5.75 Å². The van der Waals surface area contributed by atoms with Gasteiger partial charge in [0.25, 0.3) is 0 Å². The number of hydrogen-bond donors (Lipinski definition) is 0. The SMILES string of the molecule is CO[C@@H]1CC[C@@H]2OCCN(Cc3ccc(OCC4CC4)cc3)[C@H]2C1. The summed E-state index contributed by atoms with van der Waals surface area (Å²) < 4.78 is 17.5. The minimum Gasteiger partial charge on any atom is -0.493 e. The predicted molar refractivity (Wildman–Crippen MR) is 93.2 cm³/mol. The largest absolute Gasteiger partial charge is 0.493 e. The second kappa shape index (κ2) is 7.42. The van der Waals surface area contributed by atoms with Gasteiger partial charge in [-0.3, -0.25) is 4.90 Å². The lowest BCUT2D eigenvalue weighted by atomic mass is 9.87. The zero-order valence-electron chi connectivity index (χ0n) is 14.7. The summed E-state index contributed by atoms with van der Waals surface area (Å²) in [5.41, 5.74) is 1.36. The van der Waals surface area contributed by atoms with Crippen molar-refractivity contribution in [2.45, 2.75) is 56.9 Å². The summed E-state index contributed by atoms with van der Waals surface area (Å²) in [6.07, 6.45) is 6.76. The number of ether oxygens (including phenoxy) is 3. The van der Waals surface area contributed by atoms with Crippen molar-refractivity contribution in [3.05, 3.63) is 29.8 Å². The Morgan fingerprint density at radius 2 is 1.96 bits per heavy atom. The van der Waals surface area contributed by atoms with Gasteiger partial charge in [-0.25, -0.2) is 0 Å². The van der Waals surface area contributed by atoms with E-state index < -0.39 is 0 Å². The van der Waals surface area contributed by atoms with E-state index in [0.717, 1.165) is 57.2 Å². The molecule has 0 unspecified atom stereocenters. The fraction of sp³-hybridized carbons (Fsp3) is 0.700. The smallest absolute Gasteiger partial charge is 0.119 e. The first-order valence-electron chi connectivity index (χ1n) is 9.42. The van der Waals surface area contributed by atoms with Crippen molar-refractivity contribution in [3.63, 3.8) is 0 Å². The Hall–Kier alpha value is -1.10. The molecule has 1 saturated heterocycles. The van der Waals surface area contributed by atoms with Crippen molar-refractivity contribution in [1.82, 2.24) is 4.90 Å². The van der Waals surface area contributed by atoms with Crippen LogP contribution < -0.4 is 4.74 Å². The molecule has 3 atom stereocenters. The van der Waals surface area contributed by atoms with Gasteiger partial charge < -0.3 is 14.2 Å². The van der Waals surface area contributed by atoms with Crippen molar-refractivity contribution < 1.29 is 14.2 Å². The third-order valence-corrected chi connectivity index (χ3v) is 5.71. The van der Waals surface area contributed by atoms with E-state index in [1.807, 2.05) is 7.11 Å². The predicted octanol–water partition coefficient (Wildman–Crippen LogP) is 3.24. The molecule has 1 heterocycles. The van der Waals surface area contributed by atoms with E-state index in [9.17, 15) is 0 Å². The average molecular weight is 331 g/mol. The highest BCUT2D eigenvalue weighted by molar-refractivity contribution is 5.27. The maximum absolute atomic E-state index is 6.00. The Morgan fingerprint density at radius 1 is 1.12 bits per heavy atom. The van der Waals surface area contributed by atoms with Gasteiger partial charge in [0.1, 0.15) is 5.75 Å². The molecule has 3 aliphatic rings.